The van der Waals surface area contributed by atoms with Crippen LogP contribution in [0, 0.1) is 6.92 Å². The number of ether oxygens (including phenoxy) is 1. The summed E-state index contributed by atoms with van der Waals surface area (Å²) in [5, 5.41) is 8.73. The molecule has 5 nitrogen and oxygen atoms in total. The third kappa shape index (κ3) is 2.78. The number of carboxylic acids is 1. The molecule has 0 saturated heterocycles. The smallest absolute Gasteiger partial charge is 0.335 e. The van der Waals surface area contributed by atoms with Gasteiger partial charge in [-0.1, -0.05) is 0 Å². The molecule has 0 unspecified atom stereocenters. The fourth-order valence-electron chi connectivity index (χ4n) is 1.20. The Morgan fingerprint density at radius 2 is 1.76 bits per heavy atom. The molecule has 2 aromatic rings. The molecule has 0 fully saturated rings. The Morgan fingerprint density at radius 3 is 2.29 bits per heavy atom. The minimum absolute atomic E-state index is 0.210. The van der Waals surface area contributed by atoms with Crippen molar-refractivity contribution in [2.75, 3.05) is 0 Å². The number of rotatable bonds is 3. The maximum absolute atomic E-state index is 10.6. The zero-order chi connectivity index (χ0) is 12.3. The minimum atomic E-state index is -0.969. The lowest BCUT2D eigenvalue weighted by molar-refractivity contribution is 0.0697. The van der Waals surface area contributed by atoms with E-state index in [4.69, 9.17) is 9.84 Å². The second-order valence-electron chi connectivity index (χ2n) is 3.47. The average molecular weight is 230 g/mol. The molecule has 0 aliphatic carbocycles. The zero-order valence-corrected chi connectivity index (χ0v) is 9.12. The van der Waals surface area contributed by atoms with Gasteiger partial charge in [-0.05, 0) is 36.8 Å². The van der Waals surface area contributed by atoms with Gasteiger partial charge in [-0.2, -0.15) is 0 Å². The lowest BCUT2D eigenvalue weighted by Gasteiger charge is -2.03. The number of nitrogens with zero attached hydrogens (tertiary/aromatic N) is 2. The predicted molar refractivity (Wildman–Crippen MR) is 60.2 cm³/mol. The van der Waals surface area contributed by atoms with Crippen LogP contribution in [0.5, 0.6) is 11.8 Å². The number of aromatic nitrogens is 2. The summed E-state index contributed by atoms with van der Waals surface area (Å²) in [5.74, 6) is -0.470. The Labute approximate surface area is 97.7 Å². The summed E-state index contributed by atoms with van der Waals surface area (Å²) in [6.07, 6.45) is 3.29. The van der Waals surface area contributed by atoms with Crippen LogP contribution >= 0.6 is 0 Å². The first kappa shape index (κ1) is 11.1. The highest BCUT2D eigenvalue weighted by Gasteiger charge is 2.03. The molecule has 1 aromatic carbocycles. The first-order valence-corrected chi connectivity index (χ1v) is 4.95. The van der Waals surface area contributed by atoms with E-state index in [1.54, 1.807) is 24.5 Å². The second-order valence-corrected chi connectivity index (χ2v) is 3.47. The molecule has 86 valence electrons. The molecule has 1 aromatic heterocycles. The van der Waals surface area contributed by atoms with Crippen molar-refractivity contribution in [1.82, 2.24) is 9.97 Å². The van der Waals surface area contributed by atoms with Gasteiger partial charge in [0.25, 0.3) is 0 Å². The third-order valence-electron chi connectivity index (χ3n) is 2.07. The summed E-state index contributed by atoms with van der Waals surface area (Å²) < 4.78 is 5.35. The first-order chi connectivity index (χ1) is 8.15. The highest BCUT2D eigenvalue weighted by molar-refractivity contribution is 5.87. The van der Waals surface area contributed by atoms with E-state index < -0.39 is 5.97 Å². The molecule has 17 heavy (non-hydrogen) atoms. The van der Waals surface area contributed by atoms with E-state index in [-0.39, 0.29) is 11.6 Å². The molecule has 0 atom stereocenters. The molecule has 2 rings (SSSR count). The summed E-state index contributed by atoms with van der Waals surface area (Å²) in [6.45, 7) is 1.88. The number of aromatic carboxylic acids is 1. The fraction of sp³-hybridized carbons (Fsp3) is 0.0833. The highest BCUT2D eigenvalue weighted by atomic mass is 16.5. The molecule has 0 radical (unpaired) electrons. The van der Waals surface area contributed by atoms with Crippen LogP contribution in [0.2, 0.25) is 0 Å². The van der Waals surface area contributed by atoms with Gasteiger partial charge in [0.05, 0.1) is 5.56 Å². The van der Waals surface area contributed by atoms with Crippen LogP contribution in [0.4, 0.5) is 0 Å². The number of aryl methyl sites for hydroxylation is 1. The quantitative estimate of drug-likeness (QED) is 0.875. The maximum Gasteiger partial charge on any atom is 0.335 e. The molecule has 0 amide bonds. The zero-order valence-electron chi connectivity index (χ0n) is 9.12. The van der Waals surface area contributed by atoms with Crippen molar-refractivity contribution < 1.29 is 14.6 Å². The third-order valence-corrected chi connectivity index (χ3v) is 2.07. The number of carboxylic acid groups (broad SMARTS) is 1. The van der Waals surface area contributed by atoms with Crippen LogP contribution in [-0.2, 0) is 0 Å². The van der Waals surface area contributed by atoms with E-state index in [0.29, 0.717) is 5.75 Å². The molecule has 0 spiro atoms. The van der Waals surface area contributed by atoms with Crippen molar-refractivity contribution in [3.05, 3.63) is 47.8 Å². The molecule has 0 aliphatic rings. The van der Waals surface area contributed by atoms with Crippen molar-refractivity contribution in [3.8, 4) is 11.8 Å². The Hall–Kier alpha value is -2.43. The molecule has 1 heterocycles. The summed E-state index contributed by atoms with van der Waals surface area (Å²) in [7, 11) is 0. The average Bonchev–Trinajstić information content (AvgIpc) is 2.33. The van der Waals surface area contributed by atoms with Gasteiger partial charge in [-0.25, -0.2) is 14.8 Å². The summed E-state index contributed by atoms with van der Waals surface area (Å²) >= 11 is 0. The summed E-state index contributed by atoms with van der Waals surface area (Å²) in [5.41, 5.74) is 1.15. The Bertz CT molecular complexity index is 520. The van der Waals surface area contributed by atoms with Gasteiger partial charge in [0, 0.05) is 12.4 Å². The Balaban J connectivity index is 2.13. The van der Waals surface area contributed by atoms with Gasteiger partial charge in [0.2, 0.25) is 0 Å². The van der Waals surface area contributed by atoms with Crippen molar-refractivity contribution >= 4 is 5.97 Å². The van der Waals surface area contributed by atoms with Crippen LogP contribution in [0.3, 0.4) is 0 Å². The van der Waals surface area contributed by atoms with Crippen LogP contribution in [0.15, 0.2) is 36.7 Å². The SMILES string of the molecule is Cc1cnc(Oc2ccc(C(=O)O)cc2)nc1. The first-order valence-electron chi connectivity index (χ1n) is 4.95. The number of carbonyl (C=O) groups is 1. The standard InChI is InChI=1S/C12H10N2O3/c1-8-6-13-12(14-7-8)17-10-4-2-9(3-5-10)11(15)16/h2-7H,1H3,(H,15,16). The largest absolute Gasteiger partial charge is 0.478 e. The molecular formula is C12H10N2O3. The van der Waals surface area contributed by atoms with E-state index in [9.17, 15) is 4.79 Å². The van der Waals surface area contributed by atoms with Gasteiger partial charge in [-0.15, -0.1) is 0 Å². The predicted octanol–water partition coefficient (Wildman–Crippen LogP) is 2.28. The van der Waals surface area contributed by atoms with E-state index in [1.165, 1.54) is 12.1 Å². The van der Waals surface area contributed by atoms with Crippen LogP contribution in [0.1, 0.15) is 15.9 Å². The van der Waals surface area contributed by atoms with Crippen molar-refractivity contribution in [1.29, 1.82) is 0 Å². The van der Waals surface area contributed by atoms with Gasteiger partial charge >= 0.3 is 12.0 Å². The molecule has 0 saturated carbocycles. The number of benzene rings is 1. The number of hydrogen-bond acceptors (Lipinski definition) is 4. The van der Waals surface area contributed by atoms with Crippen molar-refractivity contribution in [2.45, 2.75) is 6.92 Å². The highest BCUT2D eigenvalue weighted by Crippen LogP contribution is 2.17. The molecule has 1 N–H and O–H groups in total. The fourth-order valence-corrected chi connectivity index (χ4v) is 1.20. The van der Waals surface area contributed by atoms with Crippen LogP contribution in [0.25, 0.3) is 0 Å². The monoisotopic (exact) mass is 230 g/mol. The van der Waals surface area contributed by atoms with E-state index in [0.717, 1.165) is 5.56 Å². The van der Waals surface area contributed by atoms with E-state index in [1.807, 2.05) is 6.92 Å². The van der Waals surface area contributed by atoms with Gasteiger partial charge in [-0.3, -0.25) is 0 Å². The van der Waals surface area contributed by atoms with E-state index in [2.05, 4.69) is 9.97 Å². The van der Waals surface area contributed by atoms with Crippen LogP contribution in [-0.4, -0.2) is 21.0 Å². The molecule has 5 heteroatoms. The lowest BCUT2D eigenvalue weighted by Crippen LogP contribution is -1.96. The van der Waals surface area contributed by atoms with Gasteiger partial charge in [0.1, 0.15) is 5.75 Å². The molecule has 0 aliphatic heterocycles. The van der Waals surface area contributed by atoms with Crippen molar-refractivity contribution in [2.24, 2.45) is 0 Å². The van der Waals surface area contributed by atoms with Gasteiger partial charge in [0.15, 0.2) is 0 Å². The summed E-state index contributed by atoms with van der Waals surface area (Å²) in [6, 6.07) is 6.29. The minimum Gasteiger partial charge on any atom is -0.478 e. The topological polar surface area (TPSA) is 72.3 Å². The van der Waals surface area contributed by atoms with E-state index >= 15 is 0 Å². The Morgan fingerprint density at radius 1 is 1.18 bits per heavy atom. The van der Waals surface area contributed by atoms with Crippen molar-refractivity contribution in [3.63, 3.8) is 0 Å². The maximum atomic E-state index is 10.6. The normalized spacial score (nSPS) is 9.94. The second kappa shape index (κ2) is 4.61. The Kier molecular flexibility index (Phi) is 3.00. The lowest BCUT2D eigenvalue weighted by atomic mass is 10.2. The molecular weight excluding hydrogens is 220 g/mol. The van der Waals surface area contributed by atoms with Gasteiger partial charge < -0.3 is 9.84 Å². The van der Waals surface area contributed by atoms with Crippen LogP contribution < -0.4 is 4.74 Å². The summed E-state index contributed by atoms with van der Waals surface area (Å²) in [4.78, 5) is 18.6. The number of hydrogen-bond donors (Lipinski definition) is 1. The molecule has 0 bridgehead atoms.